The van der Waals surface area contributed by atoms with E-state index in [-0.39, 0.29) is 22.9 Å². The maximum atomic E-state index is 12.9. The summed E-state index contributed by atoms with van der Waals surface area (Å²) in [5, 5.41) is 12.2. The lowest BCUT2D eigenvalue weighted by molar-refractivity contribution is -0.144. The number of carboxylic acids is 1. The van der Waals surface area contributed by atoms with Crippen molar-refractivity contribution in [3.8, 4) is 5.75 Å². The number of aliphatic carboxylic acids is 1. The zero-order valence-electron chi connectivity index (χ0n) is 16.2. The molecule has 0 radical (unpaired) electrons. The first-order valence-corrected chi connectivity index (χ1v) is 9.39. The van der Waals surface area contributed by atoms with Crippen LogP contribution in [0.25, 0.3) is 0 Å². The molecular formula is C22H17ClFNO6. The molecule has 0 spiro atoms. The van der Waals surface area contributed by atoms with Crippen molar-refractivity contribution in [1.82, 2.24) is 5.32 Å². The molecule has 0 aliphatic heterocycles. The summed E-state index contributed by atoms with van der Waals surface area (Å²) in [6.07, 6.45) is 0.953. The molecule has 2 aromatic carbocycles. The second-order valence-electron chi connectivity index (χ2n) is 6.75. The van der Waals surface area contributed by atoms with Gasteiger partial charge in [0.25, 0.3) is 5.91 Å². The highest BCUT2D eigenvalue weighted by atomic mass is 35.5. The number of benzene rings is 2. The number of carbonyl (C=O) groups excluding carboxylic acids is 1. The molecule has 3 rings (SSSR count). The number of amides is 1. The van der Waals surface area contributed by atoms with E-state index in [9.17, 15) is 23.9 Å². The minimum Gasteiger partial charge on any atom is -0.482 e. The Kier molecular flexibility index (Phi) is 6.41. The lowest BCUT2D eigenvalue weighted by atomic mass is 9.91. The van der Waals surface area contributed by atoms with Gasteiger partial charge in [-0.1, -0.05) is 41.9 Å². The first-order valence-electron chi connectivity index (χ1n) is 9.01. The molecule has 0 bridgehead atoms. The van der Waals surface area contributed by atoms with Crippen LogP contribution in [-0.2, 0) is 16.9 Å². The van der Waals surface area contributed by atoms with Gasteiger partial charge in [0.05, 0.1) is 0 Å². The summed E-state index contributed by atoms with van der Waals surface area (Å²) in [7, 11) is 0. The van der Waals surface area contributed by atoms with Crippen LogP contribution < -0.4 is 15.5 Å². The number of hydrogen-bond donors (Lipinski definition) is 2. The van der Waals surface area contributed by atoms with Gasteiger partial charge in [0.1, 0.15) is 18.7 Å². The van der Waals surface area contributed by atoms with E-state index in [0.29, 0.717) is 5.56 Å². The third-order valence-corrected chi connectivity index (χ3v) is 4.86. The van der Waals surface area contributed by atoms with E-state index in [4.69, 9.17) is 20.8 Å². The lowest BCUT2D eigenvalue weighted by Gasteiger charge is -2.27. The van der Waals surface area contributed by atoms with Gasteiger partial charge >= 0.3 is 5.97 Å². The summed E-state index contributed by atoms with van der Waals surface area (Å²) >= 11 is 6.10. The maximum Gasteiger partial charge on any atom is 0.333 e. The minimum absolute atomic E-state index is 0.0137. The molecule has 0 aliphatic rings. The van der Waals surface area contributed by atoms with Crippen molar-refractivity contribution in [3.63, 3.8) is 0 Å². The van der Waals surface area contributed by atoms with E-state index in [1.807, 2.05) is 0 Å². The van der Waals surface area contributed by atoms with Crippen molar-refractivity contribution in [1.29, 1.82) is 0 Å². The van der Waals surface area contributed by atoms with E-state index >= 15 is 0 Å². The van der Waals surface area contributed by atoms with Gasteiger partial charge in [-0.2, -0.15) is 0 Å². The number of nitrogens with one attached hydrogen (secondary N) is 1. The predicted molar refractivity (Wildman–Crippen MR) is 110 cm³/mol. The van der Waals surface area contributed by atoms with Crippen molar-refractivity contribution in [2.24, 2.45) is 0 Å². The molecule has 0 saturated heterocycles. The Morgan fingerprint density at radius 2 is 1.87 bits per heavy atom. The molecule has 1 unspecified atom stereocenters. The maximum absolute atomic E-state index is 12.9. The summed E-state index contributed by atoms with van der Waals surface area (Å²) in [6.45, 7) is 1.26. The van der Waals surface area contributed by atoms with Crippen LogP contribution in [0.3, 0.4) is 0 Å². The van der Waals surface area contributed by atoms with Gasteiger partial charge in [-0.15, -0.1) is 0 Å². The quantitative estimate of drug-likeness (QED) is 0.574. The molecule has 0 saturated carbocycles. The van der Waals surface area contributed by atoms with E-state index in [1.54, 1.807) is 12.1 Å². The Bertz CT molecular complexity index is 1180. The van der Waals surface area contributed by atoms with E-state index in [1.165, 1.54) is 43.3 Å². The normalized spacial score (nSPS) is 12.6. The van der Waals surface area contributed by atoms with Gasteiger partial charge in [-0.05, 0) is 30.7 Å². The largest absolute Gasteiger partial charge is 0.482 e. The molecule has 1 atom stereocenters. The second kappa shape index (κ2) is 9.01. The van der Waals surface area contributed by atoms with E-state index in [2.05, 4.69) is 5.32 Å². The van der Waals surface area contributed by atoms with Crippen LogP contribution in [0.5, 0.6) is 5.75 Å². The number of ether oxygens (including phenoxy) is 1. The Labute approximate surface area is 181 Å². The molecule has 31 heavy (non-hydrogen) atoms. The Morgan fingerprint density at radius 3 is 2.48 bits per heavy atom. The zero-order valence-corrected chi connectivity index (χ0v) is 17.0. The van der Waals surface area contributed by atoms with Crippen molar-refractivity contribution in [2.75, 3.05) is 0 Å². The number of halogens is 2. The molecule has 0 aliphatic carbocycles. The fourth-order valence-electron chi connectivity index (χ4n) is 2.76. The molecule has 1 amide bonds. The molecule has 0 fully saturated rings. The lowest BCUT2D eigenvalue weighted by Crippen LogP contribution is -2.49. The van der Waals surface area contributed by atoms with Crippen LogP contribution in [-0.4, -0.2) is 17.0 Å². The van der Waals surface area contributed by atoms with Gasteiger partial charge in [0.2, 0.25) is 11.2 Å². The predicted octanol–water partition coefficient (Wildman–Crippen LogP) is 3.74. The molecule has 9 heteroatoms. The SMILES string of the molecule is CC(NC(=O)c1cc(=O)c(OCc2ccc(F)cc2)co1)(C(=O)O)c1ccccc1Cl. The average Bonchev–Trinajstić information content (AvgIpc) is 2.74. The van der Waals surface area contributed by atoms with Crippen LogP contribution in [0.15, 0.2) is 70.1 Å². The van der Waals surface area contributed by atoms with Crippen LogP contribution in [0.4, 0.5) is 4.39 Å². The van der Waals surface area contributed by atoms with Crippen LogP contribution in [0.1, 0.15) is 28.6 Å². The summed E-state index contributed by atoms with van der Waals surface area (Å²) in [4.78, 5) is 36.8. The van der Waals surface area contributed by atoms with E-state index < -0.39 is 34.4 Å². The Morgan fingerprint density at radius 1 is 1.19 bits per heavy atom. The number of carboxylic acid groups (broad SMARTS) is 1. The summed E-state index contributed by atoms with van der Waals surface area (Å²) < 4.78 is 23.5. The molecular weight excluding hydrogens is 429 g/mol. The highest BCUT2D eigenvalue weighted by Gasteiger charge is 2.39. The molecule has 1 heterocycles. The van der Waals surface area contributed by atoms with Gasteiger partial charge in [-0.25, -0.2) is 9.18 Å². The number of rotatable bonds is 7. The molecule has 160 valence electrons. The Hall–Kier alpha value is -3.65. The topological polar surface area (TPSA) is 106 Å². The fraction of sp³-hybridized carbons (Fsp3) is 0.136. The van der Waals surface area contributed by atoms with Gasteiger partial charge in [0, 0.05) is 16.7 Å². The molecule has 2 N–H and O–H groups in total. The fourth-order valence-corrected chi connectivity index (χ4v) is 3.08. The standard InChI is InChI=1S/C22H17ClFNO6/c1-22(21(28)29,15-4-2-3-5-16(15)23)25-20(27)18-10-17(26)19(12-31-18)30-11-13-6-8-14(24)9-7-13/h2-10,12H,11H2,1H3,(H,25,27)(H,28,29). The monoisotopic (exact) mass is 445 g/mol. The van der Waals surface area contributed by atoms with Crippen molar-refractivity contribution in [3.05, 3.63) is 98.8 Å². The van der Waals surface area contributed by atoms with Crippen LogP contribution in [0, 0.1) is 5.82 Å². The van der Waals surface area contributed by atoms with Crippen molar-refractivity contribution < 1.29 is 28.2 Å². The second-order valence-corrected chi connectivity index (χ2v) is 7.16. The number of hydrogen-bond acceptors (Lipinski definition) is 5. The first kappa shape index (κ1) is 22.0. The molecule has 3 aromatic rings. The van der Waals surface area contributed by atoms with Crippen LogP contribution >= 0.6 is 11.6 Å². The third kappa shape index (κ3) is 4.92. The van der Waals surface area contributed by atoms with Gasteiger partial charge in [0.15, 0.2) is 11.3 Å². The third-order valence-electron chi connectivity index (χ3n) is 4.53. The minimum atomic E-state index is -1.87. The highest BCUT2D eigenvalue weighted by molar-refractivity contribution is 6.31. The van der Waals surface area contributed by atoms with Gasteiger partial charge in [-0.3, -0.25) is 9.59 Å². The first-order chi connectivity index (χ1) is 14.7. The summed E-state index contributed by atoms with van der Waals surface area (Å²) in [6, 6.07) is 12.6. The summed E-state index contributed by atoms with van der Waals surface area (Å²) in [5.41, 5.74) is -1.72. The summed E-state index contributed by atoms with van der Waals surface area (Å²) in [5.74, 6) is -3.24. The van der Waals surface area contributed by atoms with Crippen molar-refractivity contribution >= 4 is 23.5 Å². The van der Waals surface area contributed by atoms with Gasteiger partial charge < -0.3 is 19.6 Å². The molecule has 1 aromatic heterocycles. The molecule has 7 nitrogen and oxygen atoms in total. The van der Waals surface area contributed by atoms with Crippen LogP contribution in [0.2, 0.25) is 5.02 Å². The number of carbonyl (C=O) groups is 2. The zero-order chi connectivity index (χ0) is 22.6. The Balaban J connectivity index is 1.77. The smallest absolute Gasteiger partial charge is 0.333 e. The van der Waals surface area contributed by atoms with Crippen molar-refractivity contribution in [2.45, 2.75) is 19.1 Å². The van der Waals surface area contributed by atoms with E-state index in [0.717, 1.165) is 12.3 Å². The highest BCUT2D eigenvalue weighted by Crippen LogP contribution is 2.28. The average molecular weight is 446 g/mol.